The van der Waals surface area contributed by atoms with Crippen LogP contribution in [0, 0.1) is 6.92 Å². The molecule has 0 radical (unpaired) electrons. The molecule has 0 spiro atoms. The zero-order chi connectivity index (χ0) is 14.0. The standard InChI is InChI=1S/C11H12N6O2/c1-7-3-4-9(13-5-7)16-6-14-10(15-11(16)19)17(12)8(2)18/h3-6H,12H2,1-2H3. The Hall–Kier alpha value is -2.61. The van der Waals surface area contributed by atoms with E-state index in [0.717, 1.165) is 10.1 Å². The molecule has 0 unspecified atom stereocenters. The highest BCUT2D eigenvalue weighted by Crippen LogP contribution is 2.03. The van der Waals surface area contributed by atoms with Crippen molar-refractivity contribution in [2.75, 3.05) is 5.01 Å². The van der Waals surface area contributed by atoms with Gasteiger partial charge in [0.05, 0.1) is 0 Å². The van der Waals surface area contributed by atoms with Crippen molar-refractivity contribution in [3.8, 4) is 5.82 Å². The van der Waals surface area contributed by atoms with E-state index in [1.807, 2.05) is 13.0 Å². The fourth-order valence-electron chi connectivity index (χ4n) is 1.34. The molecular formula is C11H12N6O2. The molecule has 0 atom stereocenters. The Morgan fingerprint density at radius 2 is 2.11 bits per heavy atom. The number of pyridine rings is 1. The first-order valence-electron chi connectivity index (χ1n) is 5.43. The quantitative estimate of drug-likeness (QED) is 0.445. The van der Waals surface area contributed by atoms with Gasteiger partial charge in [0.25, 0.3) is 5.95 Å². The van der Waals surface area contributed by atoms with Gasteiger partial charge in [-0.3, -0.25) is 4.79 Å². The number of carbonyl (C=O) groups is 1. The van der Waals surface area contributed by atoms with Gasteiger partial charge in [0.1, 0.15) is 12.1 Å². The average molecular weight is 260 g/mol. The molecule has 0 saturated carbocycles. The van der Waals surface area contributed by atoms with Crippen LogP contribution in [0.25, 0.3) is 5.82 Å². The van der Waals surface area contributed by atoms with Crippen LogP contribution >= 0.6 is 0 Å². The summed E-state index contributed by atoms with van der Waals surface area (Å²) in [4.78, 5) is 34.4. The third-order valence-electron chi connectivity index (χ3n) is 2.39. The fourth-order valence-corrected chi connectivity index (χ4v) is 1.34. The molecule has 98 valence electrons. The predicted molar refractivity (Wildman–Crippen MR) is 67.5 cm³/mol. The van der Waals surface area contributed by atoms with Gasteiger partial charge in [-0.15, -0.1) is 0 Å². The third kappa shape index (κ3) is 2.63. The van der Waals surface area contributed by atoms with Gasteiger partial charge in [0, 0.05) is 13.1 Å². The van der Waals surface area contributed by atoms with E-state index in [4.69, 9.17) is 5.84 Å². The second-order valence-electron chi connectivity index (χ2n) is 3.89. The summed E-state index contributed by atoms with van der Waals surface area (Å²) in [7, 11) is 0. The number of anilines is 1. The highest BCUT2D eigenvalue weighted by molar-refractivity contribution is 5.88. The van der Waals surface area contributed by atoms with E-state index >= 15 is 0 Å². The summed E-state index contributed by atoms with van der Waals surface area (Å²) in [5.74, 6) is 5.19. The average Bonchev–Trinajstić information content (AvgIpc) is 2.39. The van der Waals surface area contributed by atoms with Crippen molar-refractivity contribution >= 4 is 11.9 Å². The van der Waals surface area contributed by atoms with Gasteiger partial charge in [-0.2, -0.15) is 4.98 Å². The Morgan fingerprint density at radius 1 is 1.37 bits per heavy atom. The molecule has 0 saturated heterocycles. The molecule has 0 aliphatic heterocycles. The third-order valence-corrected chi connectivity index (χ3v) is 2.39. The molecule has 0 bridgehead atoms. The molecule has 2 aromatic rings. The second-order valence-corrected chi connectivity index (χ2v) is 3.89. The van der Waals surface area contributed by atoms with E-state index < -0.39 is 11.6 Å². The van der Waals surface area contributed by atoms with Gasteiger partial charge in [-0.1, -0.05) is 6.07 Å². The SMILES string of the molecule is CC(=O)N(N)c1ncn(-c2ccc(C)cn2)c(=O)n1. The van der Waals surface area contributed by atoms with Crippen molar-refractivity contribution in [3.05, 3.63) is 40.7 Å². The van der Waals surface area contributed by atoms with Crippen LogP contribution in [-0.2, 0) is 4.79 Å². The Balaban J connectivity index is 2.42. The van der Waals surface area contributed by atoms with E-state index in [-0.39, 0.29) is 5.95 Å². The lowest BCUT2D eigenvalue weighted by molar-refractivity contribution is -0.116. The van der Waals surface area contributed by atoms with Gasteiger partial charge in [0.2, 0.25) is 5.91 Å². The molecule has 8 heteroatoms. The van der Waals surface area contributed by atoms with Crippen LogP contribution in [0.5, 0.6) is 0 Å². The number of aromatic nitrogens is 4. The molecule has 2 rings (SSSR count). The molecule has 2 heterocycles. The largest absolute Gasteiger partial charge is 0.357 e. The van der Waals surface area contributed by atoms with Crippen LogP contribution in [0.3, 0.4) is 0 Å². The number of hydrogen-bond donors (Lipinski definition) is 1. The molecule has 0 fully saturated rings. The maximum atomic E-state index is 11.8. The first-order chi connectivity index (χ1) is 8.99. The van der Waals surface area contributed by atoms with Gasteiger partial charge in [-0.25, -0.2) is 30.2 Å². The lowest BCUT2D eigenvalue weighted by Gasteiger charge is -2.11. The number of aryl methyl sites for hydroxylation is 1. The fraction of sp³-hybridized carbons (Fsp3) is 0.182. The van der Waals surface area contributed by atoms with Gasteiger partial charge in [0.15, 0.2) is 0 Å². The smallest absolute Gasteiger partial charge is 0.273 e. The summed E-state index contributed by atoms with van der Waals surface area (Å²) in [5.41, 5.74) is 0.358. The second kappa shape index (κ2) is 4.94. The summed E-state index contributed by atoms with van der Waals surface area (Å²) in [6.07, 6.45) is 2.85. The topological polar surface area (TPSA) is 107 Å². The Morgan fingerprint density at radius 3 is 2.63 bits per heavy atom. The summed E-state index contributed by atoms with van der Waals surface area (Å²) in [6.45, 7) is 3.13. The van der Waals surface area contributed by atoms with E-state index in [0.29, 0.717) is 10.8 Å². The number of nitrogens with zero attached hydrogens (tertiary/aromatic N) is 5. The van der Waals surface area contributed by atoms with Crippen molar-refractivity contribution in [1.82, 2.24) is 19.5 Å². The first-order valence-corrected chi connectivity index (χ1v) is 5.43. The Bertz CT molecular complexity index is 664. The van der Waals surface area contributed by atoms with Crippen LogP contribution in [-0.4, -0.2) is 25.4 Å². The summed E-state index contributed by atoms with van der Waals surface area (Å²) in [5, 5.41) is 0.703. The minimum atomic E-state index is -0.613. The molecule has 19 heavy (non-hydrogen) atoms. The Kier molecular flexibility index (Phi) is 3.34. The molecule has 0 aliphatic carbocycles. The van der Waals surface area contributed by atoms with E-state index in [1.54, 1.807) is 12.3 Å². The predicted octanol–water partition coefficient (Wildman–Crippen LogP) is -0.442. The lowest BCUT2D eigenvalue weighted by atomic mass is 10.3. The van der Waals surface area contributed by atoms with E-state index in [2.05, 4.69) is 15.0 Å². The molecule has 1 amide bonds. The molecule has 2 aromatic heterocycles. The minimum Gasteiger partial charge on any atom is -0.273 e. The molecule has 0 aromatic carbocycles. The monoisotopic (exact) mass is 260 g/mol. The van der Waals surface area contributed by atoms with E-state index in [9.17, 15) is 9.59 Å². The summed E-state index contributed by atoms with van der Waals surface area (Å²) in [6, 6.07) is 3.48. The number of amides is 1. The normalized spacial score (nSPS) is 10.3. The highest BCUT2D eigenvalue weighted by atomic mass is 16.2. The molecule has 8 nitrogen and oxygen atoms in total. The van der Waals surface area contributed by atoms with Crippen molar-refractivity contribution < 1.29 is 4.79 Å². The van der Waals surface area contributed by atoms with Crippen LogP contribution in [0.1, 0.15) is 12.5 Å². The van der Waals surface area contributed by atoms with Crippen LogP contribution < -0.4 is 16.5 Å². The first kappa shape index (κ1) is 12.8. The maximum Gasteiger partial charge on any atom is 0.357 e. The van der Waals surface area contributed by atoms with Crippen molar-refractivity contribution in [1.29, 1.82) is 0 Å². The van der Waals surface area contributed by atoms with Crippen LogP contribution in [0.15, 0.2) is 29.5 Å². The number of carbonyl (C=O) groups excluding carboxylic acids is 1. The Labute approximate surface area is 108 Å². The van der Waals surface area contributed by atoms with Gasteiger partial charge in [-0.05, 0) is 18.6 Å². The summed E-state index contributed by atoms with van der Waals surface area (Å²) >= 11 is 0. The van der Waals surface area contributed by atoms with Crippen molar-refractivity contribution in [3.63, 3.8) is 0 Å². The lowest BCUT2D eigenvalue weighted by Crippen LogP contribution is -2.39. The van der Waals surface area contributed by atoms with E-state index in [1.165, 1.54) is 13.3 Å². The number of nitrogens with two attached hydrogens (primary N) is 1. The molecular weight excluding hydrogens is 248 g/mol. The zero-order valence-electron chi connectivity index (χ0n) is 10.4. The summed E-state index contributed by atoms with van der Waals surface area (Å²) < 4.78 is 1.16. The van der Waals surface area contributed by atoms with Gasteiger partial charge >= 0.3 is 5.69 Å². The molecule has 0 aliphatic rings. The van der Waals surface area contributed by atoms with Gasteiger partial charge < -0.3 is 0 Å². The highest BCUT2D eigenvalue weighted by Gasteiger charge is 2.12. The number of hydrogen-bond acceptors (Lipinski definition) is 6. The van der Waals surface area contributed by atoms with Crippen molar-refractivity contribution in [2.24, 2.45) is 5.84 Å². The van der Waals surface area contributed by atoms with Crippen molar-refractivity contribution in [2.45, 2.75) is 13.8 Å². The van der Waals surface area contributed by atoms with Crippen LogP contribution in [0.2, 0.25) is 0 Å². The van der Waals surface area contributed by atoms with Crippen LogP contribution in [0.4, 0.5) is 5.95 Å². The minimum absolute atomic E-state index is 0.152. The number of hydrazine groups is 1. The maximum absolute atomic E-state index is 11.8. The zero-order valence-corrected chi connectivity index (χ0v) is 10.4. The molecule has 2 N–H and O–H groups in total. The number of rotatable bonds is 2.